The van der Waals surface area contributed by atoms with Gasteiger partial charge < -0.3 is 4.74 Å². The number of esters is 1. The lowest BCUT2D eigenvalue weighted by Gasteiger charge is -2.55. The molecule has 0 radical (unpaired) electrons. The first-order valence-electron chi connectivity index (χ1n) is 9.15. The number of fused-ring (bicyclic) bond motifs is 5. The Kier molecular flexibility index (Phi) is 3.37. The lowest BCUT2D eigenvalue weighted by atomic mass is 9.49. The minimum absolute atomic E-state index is 0.0206. The second-order valence-corrected chi connectivity index (χ2v) is 8.47. The van der Waals surface area contributed by atoms with Gasteiger partial charge in [-0.15, -0.1) is 0 Å². The van der Waals surface area contributed by atoms with Crippen LogP contribution in [0, 0.1) is 34.5 Å². The van der Waals surface area contributed by atoms with Crippen molar-refractivity contribution in [3.05, 3.63) is 36.0 Å². The van der Waals surface area contributed by atoms with Gasteiger partial charge in [0.2, 0.25) is 0 Å². The van der Waals surface area contributed by atoms with Gasteiger partial charge in [0.15, 0.2) is 0 Å². The molecule has 0 saturated heterocycles. The van der Waals surface area contributed by atoms with E-state index >= 15 is 0 Å². The van der Waals surface area contributed by atoms with Gasteiger partial charge in [-0.25, -0.2) is 0 Å². The Morgan fingerprint density at radius 2 is 2.00 bits per heavy atom. The summed E-state index contributed by atoms with van der Waals surface area (Å²) in [5.74, 6) is 2.23. The van der Waals surface area contributed by atoms with Crippen molar-refractivity contribution in [1.29, 1.82) is 0 Å². The molecule has 0 amide bonds. The molecule has 0 aliphatic heterocycles. The Morgan fingerprint density at radius 3 is 2.78 bits per heavy atom. The number of carbonyl (C=O) groups is 1. The van der Waals surface area contributed by atoms with Gasteiger partial charge in [0.25, 0.3) is 0 Å². The third-order valence-electron chi connectivity index (χ3n) is 7.75. The topological polar surface area (TPSA) is 26.3 Å². The standard InChI is InChI=1S/C21H28O2/c1-20-12-5-4-6-14(20)7-8-15-16-9-10-18(19(22)23-3)21(16,2)13-11-17(15)20/h4-7,12,15-18H,8-11,13H2,1-3H3/t15-,16-,17-,18+,20-,21-/m0/s1. The first kappa shape index (κ1) is 15.2. The molecule has 4 rings (SSSR count). The van der Waals surface area contributed by atoms with Gasteiger partial charge in [0.1, 0.15) is 0 Å². The molecule has 0 aromatic heterocycles. The zero-order chi connectivity index (χ0) is 16.2. The van der Waals surface area contributed by atoms with Crippen LogP contribution in [0.3, 0.4) is 0 Å². The SMILES string of the molecule is COC(=O)[C@H]1CC[C@H]2[C@@H]3CC=C4C=CC=C[C@]4(C)[C@H]3CC[C@]12C. The molecule has 0 aromatic rings. The average Bonchev–Trinajstić information content (AvgIpc) is 2.91. The van der Waals surface area contributed by atoms with E-state index in [0.717, 1.165) is 12.3 Å². The van der Waals surface area contributed by atoms with Crippen LogP contribution >= 0.6 is 0 Å². The van der Waals surface area contributed by atoms with Crippen LogP contribution in [0.4, 0.5) is 0 Å². The zero-order valence-electron chi connectivity index (χ0n) is 14.5. The molecule has 2 heteroatoms. The molecule has 2 fully saturated rings. The van der Waals surface area contributed by atoms with Crippen molar-refractivity contribution < 1.29 is 9.53 Å². The van der Waals surface area contributed by atoms with Crippen molar-refractivity contribution in [1.82, 2.24) is 0 Å². The number of carbonyl (C=O) groups excluding carboxylic acids is 1. The molecule has 23 heavy (non-hydrogen) atoms. The van der Waals surface area contributed by atoms with Crippen LogP contribution in [0.1, 0.15) is 46.0 Å². The van der Waals surface area contributed by atoms with E-state index in [4.69, 9.17) is 4.74 Å². The highest BCUT2D eigenvalue weighted by Crippen LogP contribution is 2.65. The Bertz CT molecular complexity index is 613. The van der Waals surface area contributed by atoms with Crippen LogP contribution in [0.25, 0.3) is 0 Å². The smallest absolute Gasteiger partial charge is 0.309 e. The summed E-state index contributed by atoms with van der Waals surface area (Å²) in [6, 6.07) is 0. The minimum Gasteiger partial charge on any atom is -0.469 e. The fourth-order valence-electron chi connectivity index (χ4n) is 6.47. The van der Waals surface area contributed by atoms with Gasteiger partial charge >= 0.3 is 5.97 Å². The predicted molar refractivity (Wildman–Crippen MR) is 91.6 cm³/mol. The zero-order valence-corrected chi connectivity index (χ0v) is 14.5. The first-order chi connectivity index (χ1) is 11.0. The van der Waals surface area contributed by atoms with E-state index in [1.807, 2.05) is 0 Å². The summed E-state index contributed by atoms with van der Waals surface area (Å²) >= 11 is 0. The summed E-state index contributed by atoms with van der Waals surface area (Å²) in [5.41, 5.74) is 1.85. The first-order valence-corrected chi connectivity index (χ1v) is 9.15. The molecule has 2 nitrogen and oxygen atoms in total. The molecule has 0 unspecified atom stereocenters. The number of rotatable bonds is 1. The maximum Gasteiger partial charge on any atom is 0.309 e. The molecule has 124 valence electrons. The summed E-state index contributed by atoms with van der Waals surface area (Å²) < 4.78 is 5.12. The molecule has 0 aromatic carbocycles. The van der Waals surface area contributed by atoms with Crippen molar-refractivity contribution in [2.45, 2.75) is 46.0 Å². The number of hydrogen-bond donors (Lipinski definition) is 0. The molecule has 2 saturated carbocycles. The highest BCUT2D eigenvalue weighted by atomic mass is 16.5. The Morgan fingerprint density at radius 1 is 1.17 bits per heavy atom. The number of ether oxygens (including phenoxy) is 1. The molecule has 0 spiro atoms. The van der Waals surface area contributed by atoms with Gasteiger partial charge in [0, 0.05) is 5.41 Å². The molecule has 0 N–H and O–H groups in total. The summed E-state index contributed by atoms with van der Waals surface area (Å²) in [6.45, 7) is 4.78. The van der Waals surface area contributed by atoms with Gasteiger partial charge in [-0.1, -0.05) is 44.2 Å². The fourth-order valence-corrected chi connectivity index (χ4v) is 6.47. The van der Waals surface area contributed by atoms with Crippen molar-refractivity contribution in [3.8, 4) is 0 Å². The van der Waals surface area contributed by atoms with E-state index in [9.17, 15) is 4.79 Å². The molecular weight excluding hydrogens is 284 g/mol. The largest absolute Gasteiger partial charge is 0.469 e. The van der Waals surface area contributed by atoms with Crippen LogP contribution in [0.15, 0.2) is 36.0 Å². The molecule has 0 bridgehead atoms. The van der Waals surface area contributed by atoms with Crippen molar-refractivity contribution in [2.75, 3.05) is 7.11 Å². The van der Waals surface area contributed by atoms with Gasteiger partial charge in [-0.05, 0) is 60.8 Å². The van der Waals surface area contributed by atoms with Crippen LogP contribution in [0.5, 0.6) is 0 Å². The van der Waals surface area contributed by atoms with Crippen LogP contribution < -0.4 is 0 Å². The van der Waals surface area contributed by atoms with Gasteiger partial charge in [-0.2, -0.15) is 0 Å². The second kappa shape index (κ2) is 5.09. The van der Waals surface area contributed by atoms with E-state index in [1.54, 1.807) is 7.11 Å². The number of methoxy groups -OCH3 is 1. The third-order valence-corrected chi connectivity index (χ3v) is 7.75. The van der Waals surface area contributed by atoms with Crippen molar-refractivity contribution in [3.63, 3.8) is 0 Å². The molecule has 4 aliphatic carbocycles. The van der Waals surface area contributed by atoms with Gasteiger partial charge in [0.05, 0.1) is 13.0 Å². The van der Waals surface area contributed by atoms with E-state index < -0.39 is 0 Å². The van der Waals surface area contributed by atoms with E-state index in [2.05, 4.69) is 44.2 Å². The monoisotopic (exact) mass is 312 g/mol. The maximum absolute atomic E-state index is 12.3. The minimum atomic E-state index is 0.0206. The number of allylic oxidation sites excluding steroid dienone is 6. The molecule has 4 aliphatic rings. The summed E-state index contributed by atoms with van der Waals surface area (Å²) in [6.07, 6.45) is 17.4. The van der Waals surface area contributed by atoms with E-state index in [1.165, 1.54) is 31.3 Å². The lowest BCUT2D eigenvalue weighted by molar-refractivity contribution is -0.152. The molecule has 0 heterocycles. The van der Waals surface area contributed by atoms with Crippen molar-refractivity contribution in [2.24, 2.45) is 34.5 Å². The predicted octanol–water partition coefficient (Wildman–Crippen LogP) is 4.68. The third kappa shape index (κ3) is 1.96. The Labute approximate surface area is 139 Å². The number of hydrogen-bond acceptors (Lipinski definition) is 2. The lowest BCUT2D eigenvalue weighted by Crippen LogP contribution is -2.49. The van der Waals surface area contributed by atoms with Crippen LogP contribution in [-0.4, -0.2) is 13.1 Å². The fraction of sp³-hybridized carbons (Fsp3) is 0.667. The summed E-state index contributed by atoms with van der Waals surface area (Å²) in [7, 11) is 1.54. The summed E-state index contributed by atoms with van der Waals surface area (Å²) in [5, 5.41) is 0. The second-order valence-electron chi connectivity index (χ2n) is 8.47. The molecule has 6 atom stereocenters. The highest BCUT2D eigenvalue weighted by Gasteiger charge is 2.59. The van der Waals surface area contributed by atoms with Crippen LogP contribution in [0.2, 0.25) is 0 Å². The maximum atomic E-state index is 12.3. The molecular formula is C21H28O2. The summed E-state index contributed by atoms with van der Waals surface area (Å²) in [4.78, 5) is 12.3. The quantitative estimate of drug-likeness (QED) is 0.657. The van der Waals surface area contributed by atoms with E-state index in [-0.39, 0.29) is 22.7 Å². The average molecular weight is 312 g/mol. The van der Waals surface area contributed by atoms with Crippen LogP contribution in [-0.2, 0) is 9.53 Å². The highest BCUT2D eigenvalue weighted by molar-refractivity contribution is 5.73. The van der Waals surface area contributed by atoms with Gasteiger partial charge in [-0.3, -0.25) is 4.79 Å². The van der Waals surface area contributed by atoms with E-state index in [0.29, 0.717) is 11.8 Å². The Hall–Kier alpha value is -1.31. The Balaban J connectivity index is 1.68. The van der Waals surface area contributed by atoms with Crippen molar-refractivity contribution >= 4 is 5.97 Å². The normalized spacial score (nSPS) is 47.3.